The fourth-order valence-electron chi connectivity index (χ4n) is 3.10. The molecule has 118 valence electrons. The molecule has 0 radical (unpaired) electrons. The maximum atomic E-state index is 12.2. The van der Waals surface area contributed by atoms with Gasteiger partial charge in [-0.25, -0.2) is 0 Å². The van der Waals surface area contributed by atoms with E-state index in [0.717, 1.165) is 6.54 Å². The minimum absolute atomic E-state index is 0. The maximum Gasteiger partial charge on any atom is 0.236 e. The van der Waals surface area contributed by atoms with Crippen molar-refractivity contribution in [3.05, 3.63) is 0 Å². The van der Waals surface area contributed by atoms with E-state index in [0.29, 0.717) is 39.4 Å². The van der Waals surface area contributed by atoms with E-state index in [-0.39, 0.29) is 30.2 Å². The Kier molecular flexibility index (Phi) is 6.25. The van der Waals surface area contributed by atoms with E-state index in [9.17, 15) is 9.90 Å². The van der Waals surface area contributed by atoms with Gasteiger partial charge in [-0.15, -0.1) is 12.4 Å². The van der Waals surface area contributed by atoms with Gasteiger partial charge in [0.25, 0.3) is 0 Å². The average molecular weight is 307 g/mol. The van der Waals surface area contributed by atoms with Crippen molar-refractivity contribution in [1.82, 2.24) is 9.80 Å². The molecule has 20 heavy (non-hydrogen) atoms. The first-order valence-electron chi connectivity index (χ1n) is 7.23. The van der Waals surface area contributed by atoms with Gasteiger partial charge in [-0.3, -0.25) is 9.69 Å². The van der Waals surface area contributed by atoms with E-state index in [1.165, 1.54) is 0 Å². The molecule has 6 heteroatoms. The number of β-amino-alcohol motifs (C(OH)–C–C–N with tert-alkyl or cyclic N) is 1. The van der Waals surface area contributed by atoms with E-state index in [4.69, 9.17) is 4.74 Å². The Bertz CT molecular complexity index is 334. The number of carbonyl (C=O) groups excluding carboxylic acids is 1. The summed E-state index contributed by atoms with van der Waals surface area (Å²) in [6.45, 7) is 10.6. The fourth-order valence-corrected chi connectivity index (χ4v) is 3.10. The standard InChI is InChI=1S/C14H26N2O3.ClH/c1-11(2)14(18)10-15(8-12(14)3)9-13(17)16-4-6-19-7-5-16;/h11-12,18H,4-10H2,1-3H3;1H/t12-,14-;/m1./s1. The lowest BCUT2D eigenvalue weighted by atomic mass is 9.82. The summed E-state index contributed by atoms with van der Waals surface area (Å²) in [6, 6.07) is 0. The van der Waals surface area contributed by atoms with Crippen LogP contribution in [0.4, 0.5) is 0 Å². The first-order valence-corrected chi connectivity index (χ1v) is 7.23. The van der Waals surface area contributed by atoms with Gasteiger partial charge in [0.05, 0.1) is 25.4 Å². The molecule has 2 aliphatic heterocycles. The summed E-state index contributed by atoms with van der Waals surface area (Å²) >= 11 is 0. The molecule has 1 amide bonds. The van der Waals surface area contributed by atoms with Gasteiger partial charge in [-0.05, 0) is 11.8 Å². The summed E-state index contributed by atoms with van der Waals surface area (Å²) in [5.41, 5.74) is -0.661. The lowest BCUT2D eigenvalue weighted by Crippen LogP contribution is -2.46. The number of hydrogen-bond donors (Lipinski definition) is 1. The van der Waals surface area contributed by atoms with Crippen LogP contribution in [0, 0.1) is 11.8 Å². The number of carbonyl (C=O) groups is 1. The fraction of sp³-hybridized carbons (Fsp3) is 0.929. The molecule has 2 heterocycles. The van der Waals surface area contributed by atoms with Crippen molar-refractivity contribution in [2.24, 2.45) is 11.8 Å². The third-order valence-corrected chi connectivity index (χ3v) is 4.58. The van der Waals surface area contributed by atoms with Crippen molar-refractivity contribution in [1.29, 1.82) is 0 Å². The number of rotatable bonds is 3. The molecule has 2 atom stereocenters. The van der Waals surface area contributed by atoms with Crippen molar-refractivity contribution >= 4 is 18.3 Å². The quantitative estimate of drug-likeness (QED) is 0.830. The SMILES string of the molecule is CC(C)[C@]1(O)CN(CC(=O)N2CCOCC2)C[C@H]1C.Cl. The summed E-state index contributed by atoms with van der Waals surface area (Å²) in [7, 11) is 0. The summed E-state index contributed by atoms with van der Waals surface area (Å²) in [5.74, 6) is 0.583. The number of ether oxygens (including phenoxy) is 1. The number of aliphatic hydroxyl groups is 1. The second-order valence-corrected chi connectivity index (χ2v) is 6.21. The van der Waals surface area contributed by atoms with Crippen LogP contribution in [0.25, 0.3) is 0 Å². The van der Waals surface area contributed by atoms with Crippen molar-refractivity contribution in [2.75, 3.05) is 45.9 Å². The molecule has 0 bridgehead atoms. The van der Waals surface area contributed by atoms with Crippen LogP contribution in [0.1, 0.15) is 20.8 Å². The molecule has 2 aliphatic rings. The summed E-state index contributed by atoms with van der Waals surface area (Å²) < 4.78 is 5.25. The molecule has 0 saturated carbocycles. The predicted molar refractivity (Wildman–Crippen MR) is 80.0 cm³/mol. The Hall–Kier alpha value is -0.360. The van der Waals surface area contributed by atoms with Crippen LogP contribution in [0.2, 0.25) is 0 Å². The van der Waals surface area contributed by atoms with E-state index in [1.807, 2.05) is 18.7 Å². The molecule has 0 aromatic rings. The molecule has 0 aromatic carbocycles. The first-order chi connectivity index (χ1) is 8.93. The lowest BCUT2D eigenvalue weighted by molar-refractivity contribution is -0.136. The highest BCUT2D eigenvalue weighted by molar-refractivity contribution is 5.85. The van der Waals surface area contributed by atoms with Crippen molar-refractivity contribution in [2.45, 2.75) is 26.4 Å². The van der Waals surface area contributed by atoms with Crippen LogP contribution < -0.4 is 0 Å². The van der Waals surface area contributed by atoms with Crippen molar-refractivity contribution in [3.63, 3.8) is 0 Å². The number of morpholine rings is 1. The second-order valence-electron chi connectivity index (χ2n) is 6.21. The minimum Gasteiger partial charge on any atom is -0.388 e. The van der Waals surface area contributed by atoms with Crippen LogP contribution in [-0.2, 0) is 9.53 Å². The second kappa shape index (κ2) is 7.07. The largest absolute Gasteiger partial charge is 0.388 e. The Morgan fingerprint density at radius 1 is 1.40 bits per heavy atom. The number of amides is 1. The Labute approximate surface area is 127 Å². The van der Waals surface area contributed by atoms with E-state index in [1.54, 1.807) is 0 Å². The molecular weight excluding hydrogens is 280 g/mol. The average Bonchev–Trinajstić information content (AvgIpc) is 2.67. The van der Waals surface area contributed by atoms with Gasteiger partial charge in [-0.2, -0.15) is 0 Å². The maximum absolute atomic E-state index is 12.2. The Balaban J connectivity index is 0.00000200. The third-order valence-electron chi connectivity index (χ3n) is 4.58. The Morgan fingerprint density at radius 2 is 2.00 bits per heavy atom. The van der Waals surface area contributed by atoms with Gasteiger partial charge in [-0.1, -0.05) is 20.8 Å². The van der Waals surface area contributed by atoms with Gasteiger partial charge in [0.2, 0.25) is 5.91 Å². The zero-order valence-corrected chi connectivity index (χ0v) is 13.5. The minimum atomic E-state index is -0.661. The van der Waals surface area contributed by atoms with Crippen LogP contribution >= 0.6 is 12.4 Å². The first kappa shape index (κ1) is 17.7. The summed E-state index contributed by atoms with van der Waals surface area (Å²) in [6.07, 6.45) is 0. The van der Waals surface area contributed by atoms with Crippen LogP contribution in [0.3, 0.4) is 0 Å². The molecule has 2 saturated heterocycles. The zero-order chi connectivity index (χ0) is 14.0. The Morgan fingerprint density at radius 3 is 2.50 bits per heavy atom. The monoisotopic (exact) mass is 306 g/mol. The molecule has 2 rings (SSSR count). The smallest absolute Gasteiger partial charge is 0.236 e. The van der Waals surface area contributed by atoms with Crippen LogP contribution in [0.15, 0.2) is 0 Å². The number of nitrogens with zero attached hydrogens (tertiary/aromatic N) is 2. The number of hydrogen-bond acceptors (Lipinski definition) is 4. The molecule has 0 aromatic heterocycles. The van der Waals surface area contributed by atoms with Crippen LogP contribution in [-0.4, -0.2) is 72.4 Å². The van der Waals surface area contributed by atoms with Gasteiger partial charge in [0, 0.05) is 26.2 Å². The third kappa shape index (κ3) is 3.64. The lowest BCUT2D eigenvalue weighted by Gasteiger charge is -2.32. The summed E-state index contributed by atoms with van der Waals surface area (Å²) in [5, 5.41) is 10.6. The normalized spacial score (nSPS) is 31.4. The van der Waals surface area contributed by atoms with Crippen LogP contribution in [0.5, 0.6) is 0 Å². The van der Waals surface area contributed by atoms with Gasteiger partial charge >= 0.3 is 0 Å². The highest BCUT2D eigenvalue weighted by Crippen LogP contribution is 2.33. The molecule has 2 fully saturated rings. The van der Waals surface area contributed by atoms with Gasteiger partial charge in [0.1, 0.15) is 0 Å². The zero-order valence-electron chi connectivity index (χ0n) is 12.7. The van der Waals surface area contributed by atoms with Crippen molar-refractivity contribution < 1.29 is 14.6 Å². The van der Waals surface area contributed by atoms with Crippen molar-refractivity contribution in [3.8, 4) is 0 Å². The van der Waals surface area contributed by atoms with Gasteiger partial charge < -0.3 is 14.7 Å². The molecule has 1 N–H and O–H groups in total. The number of halogens is 1. The van der Waals surface area contributed by atoms with E-state index >= 15 is 0 Å². The predicted octanol–water partition coefficient (Wildman–Crippen LogP) is 0.606. The summed E-state index contributed by atoms with van der Waals surface area (Å²) in [4.78, 5) is 16.1. The van der Waals surface area contributed by atoms with Gasteiger partial charge in [0.15, 0.2) is 0 Å². The highest BCUT2D eigenvalue weighted by atomic mass is 35.5. The number of likely N-dealkylation sites (tertiary alicyclic amines) is 1. The molecular formula is C14H27ClN2O3. The molecule has 0 spiro atoms. The highest BCUT2D eigenvalue weighted by Gasteiger charge is 2.45. The topological polar surface area (TPSA) is 53.0 Å². The van der Waals surface area contributed by atoms with E-state index < -0.39 is 5.60 Å². The van der Waals surface area contributed by atoms with E-state index in [2.05, 4.69) is 11.8 Å². The molecule has 5 nitrogen and oxygen atoms in total. The molecule has 0 unspecified atom stereocenters. The molecule has 0 aliphatic carbocycles.